The van der Waals surface area contributed by atoms with Gasteiger partial charge in [0.1, 0.15) is 17.4 Å². The summed E-state index contributed by atoms with van der Waals surface area (Å²) >= 11 is 6.18. The quantitative estimate of drug-likeness (QED) is 0.543. The van der Waals surface area contributed by atoms with Gasteiger partial charge in [-0.05, 0) is 61.4 Å². The SMILES string of the molecule is COc1c(-c2cccc(Cl)c2)cc(F)cc1-c1ccnc(N2CCN(C(C)(C)CO)CC2)c1. The van der Waals surface area contributed by atoms with Crippen LogP contribution in [0, 0.1) is 5.82 Å². The van der Waals surface area contributed by atoms with Crippen molar-refractivity contribution in [3.8, 4) is 28.0 Å². The van der Waals surface area contributed by atoms with Gasteiger partial charge in [-0.2, -0.15) is 0 Å². The van der Waals surface area contributed by atoms with Gasteiger partial charge in [-0.1, -0.05) is 23.7 Å². The average Bonchev–Trinajstić information content (AvgIpc) is 2.83. The van der Waals surface area contributed by atoms with E-state index in [-0.39, 0.29) is 18.0 Å². The third kappa shape index (κ3) is 4.98. The van der Waals surface area contributed by atoms with E-state index in [9.17, 15) is 9.50 Å². The van der Waals surface area contributed by atoms with Gasteiger partial charge in [0.05, 0.1) is 13.7 Å². The maximum absolute atomic E-state index is 14.7. The standard InChI is InChI=1S/C26H29ClFN3O2/c1-26(2,17-32)31-11-9-30(10-12-31)24-14-19(7-8-29-24)23-16-21(28)15-22(25(23)33-3)18-5-4-6-20(27)13-18/h4-8,13-16,32H,9-12,17H2,1-3H3. The van der Waals surface area contributed by atoms with Crippen LogP contribution in [0.15, 0.2) is 54.7 Å². The van der Waals surface area contributed by atoms with Gasteiger partial charge < -0.3 is 14.7 Å². The molecule has 2 heterocycles. The van der Waals surface area contributed by atoms with E-state index >= 15 is 0 Å². The molecule has 1 aliphatic heterocycles. The lowest BCUT2D eigenvalue weighted by Crippen LogP contribution is -2.56. The number of aromatic nitrogens is 1. The zero-order chi connectivity index (χ0) is 23.6. The van der Waals surface area contributed by atoms with E-state index in [1.165, 1.54) is 12.1 Å². The van der Waals surface area contributed by atoms with Crippen molar-refractivity contribution in [2.24, 2.45) is 0 Å². The van der Waals surface area contributed by atoms with Gasteiger partial charge in [0.25, 0.3) is 0 Å². The van der Waals surface area contributed by atoms with E-state index < -0.39 is 0 Å². The number of piperazine rings is 1. The smallest absolute Gasteiger partial charge is 0.134 e. The third-order valence-corrected chi connectivity index (χ3v) is 6.53. The van der Waals surface area contributed by atoms with Gasteiger partial charge in [0, 0.05) is 54.1 Å². The van der Waals surface area contributed by atoms with Crippen molar-refractivity contribution in [2.45, 2.75) is 19.4 Å². The summed E-state index contributed by atoms with van der Waals surface area (Å²) in [6.07, 6.45) is 1.75. The number of pyridine rings is 1. The summed E-state index contributed by atoms with van der Waals surface area (Å²) in [6.45, 7) is 7.49. The molecule has 0 amide bonds. The zero-order valence-electron chi connectivity index (χ0n) is 19.2. The van der Waals surface area contributed by atoms with Gasteiger partial charge in [-0.3, -0.25) is 4.90 Å². The molecule has 4 rings (SSSR count). The Morgan fingerprint density at radius 2 is 1.70 bits per heavy atom. The minimum atomic E-state index is -0.348. The number of aliphatic hydroxyl groups excluding tert-OH is 1. The number of nitrogens with zero attached hydrogens (tertiary/aromatic N) is 3. The number of halogens is 2. The van der Waals surface area contributed by atoms with Crippen molar-refractivity contribution in [1.82, 2.24) is 9.88 Å². The Kier molecular flexibility index (Phi) is 6.88. The second-order valence-electron chi connectivity index (χ2n) is 8.89. The van der Waals surface area contributed by atoms with E-state index in [0.29, 0.717) is 21.9 Å². The number of aliphatic hydroxyl groups is 1. The van der Waals surface area contributed by atoms with Crippen LogP contribution in [0.25, 0.3) is 22.3 Å². The highest BCUT2D eigenvalue weighted by Gasteiger charge is 2.29. The van der Waals surface area contributed by atoms with Crippen LogP contribution in [-0.4, -0.2) is 60.4 Å². The average molecular weight is 470 g/mol. The summed E-state index contributed by atoms with van der Waals surface area (Å²) in [7, 11) is 1.59. The van der Waals surface area contributed by atoms with Crippen LogP contribution in [0.2, 0.25) is 5.02 Å². The van der Waals surface area contributed by atoms with Gasteiger partial charge in [-0.15, -0.1) is 0 Å². The van der Waals surface area contributed by atoms with Gasteiger partial charge in [-0.25, -0.2) is 9.37 Å². The number of hydrogen-bond acceptors (Lipinski definition) is 5. The third-order valence-electron chi connectivity index (χ3n) is 6.30. The van der Waals surface area contributed by atoms with Crippen molar-refractivity contribution in [3.05, 3.63) is 65.6 Å². The van der Waals surface area contributed by atoms with Crippen molar-refractivity contribution in [3.63, 3.8) is 0 Å². The van der Waals surface area contributed by atoms with E-state index in [1.807, 2.05) is 24.3 Å². The first kappa shape index (κ1) is 23.5. The van der Waals surface area contributed by atoms with Crippen molar-refractivity contribution in [2.75, 3.05) is 44.8 Å². The van der Waals surface area contributed by atoms with E-state index in [2.05, 4.69) is 28.6 Å². The number of ether oxygens (including phenoxy) is 1. The summed E-state index contributed by atoms with van der Waals surface area (Å²) in [5.74, 6) is 1.08. The Bertz CT molecular complexity index is 1130. The molecule has 2 aromatic carbocycles. The Balaban J connectivity index is 1.67. The van der Waals surface area contributed by atoms with Crippen molar-refractivity contribution < 1.29 is 14.2 Å². The highest BCUT2D eigenvalue weighted by molar-refractivity contribution is 6.30. The van der Waals surface area contributed by atoms with E-state index in [1.54, 1.807) is 25.4 Å². The van der Waals surface area contributed by atoms with Crippen molar-refractivity contribution >= 4 is 17.4 Å². The van der Waals surface area contributed by atoms with Crippen molar-refractivity contribution in [1.29, 1.82) is 0 Å². The molecule has 0 radical (unpaired) electrons. The second kappa shape index (κ2) is 9.67. The number of methoxy groups -OCH3 is 1. The Morgan fingerprint density at radius 1 is 1.03 bits per heavy atom. The molecule has 0 saturated carbocycles. The normalized spacial score (nSPS) is 15.0. The van der Waals surface area contributed by atoms with Gasteiger partial charge >= 0.3 is 0 Å². The molecule has 0 spiro atoms. The second-order valence-corrected chi connectivity index (χ2v) is 9.33. The molecule has 5 nitrogen and oxygen atoms in total. The molecule has 0 aliphatic carbocycles. The molecule has 1 fully saturated rings. The Morgan fingerprint density at radius 3 is 2.30 bits per heavy atom. The molecule has 0 bridgehead atoms. The summed E-state index contributed by atoms with van der Waals surface area (Å²) < 4.78 is 20.5. The number of benzene rings is 2. The molecule has 1 saturated heterocycles. The van der Waals surface area contributed by atoms with Crippen LogP contribution >= 0.6 is 11.6 Å². The fourth-order valence-corrected chi connectivity index (χ4v) is 4.49. The molecular formula is C26H29ClFN3O2. The first-order valence-corrected chi connectivity index (χ1v) is 11.4. The Hall–Kier alpha value is -2.67. The van der Waals surface area contributed by atoms with Crippen LogP contribution < -0.4 is 9.64 Å². The lowest BCUT2D eigenvalue weighted by Gasteiger charge is -2.43. The van der Waals surface area contributed by atoms with E-state index in [0.717, 1.165) is 43.1 Å². The maximum atomic E-state index is 14.7. The summed E-state index contributed by atoms with van der Waals surface area (Å²) in [6, 6.07) is 14.1. The predicted molar refractivity (Wildman–Crippen MR) is 132 cm³/mol. The summed E-state index contributed by atoms with van der Waals surface area (Å²) in [5.41, 5.74) is 2.69. The minimum absolute atomic E-state index is 0.120. The first-order chi connectivity index (χ1) is 15.8. The largest absolute Gasteiger partial charge is 0.495 e. The molecule has 1 aromatic heterocycles. The number of rotatable bonds is 6. The summed E-state index contributed by atoms with van der Waals surface area (Å²) in [4.78, 5) is 9.08. The number of anilines is 1. The molecule has 3 aromatic rings. The first-order valence-electron chi connectivity index (χ1n) is 11.0. The molecule has 174 valence electrons. The molecule has 7 heteroatoms. The van der Waals surface area contributed by atoms with Crippen LogP contribution in [0.1, 0.15) is 13.8 Å². The highest BCUT2D eigenvalue weighted by atomic mass is 35.5. The topological polar surface area (TPSA) is 48.8 Å². The lowest BCUT2D eigenvalue weighted by atomic mass is 9.97. The maximum Gasteiger partial charge on any atom is 0.134 e. The fourth-order valence-electron chi connectivity index (χ4n) is 4.30. The van der Waals surface area contributed by atoms with Crippen LogP contribution in [-0.2, 0) is 0 Å². The molecule has 1 aliphatic rings. The molecule has 0 unspecified atom stereocenters. The van der Waals surface area contributed by atoms with Gasteiger partial charge in [0.2, 0.25) is 0 Å². The molecule has 33 heavy (non-hydrogen) atoms. The van der Waals surface area contributed by atoms with Crippen LogP contribution in [0.5, 0.6) is 5.75 Å². The van der Waals surface area contributed by atoms with E-state index in [4.69, 9.17) is 16.3 Å². The zero-order valence-corrected chi connectivity index (χ0v) is 19.9. The summed E-state index contributed by atoms with van der Waals surface area (Å²) in [5, 5.41) is 10.2. The van der Waals surface area contributed by atoms with Crippen LogP contribution in [0.3, 0.4) is 0 Å². The lowest BCUT2D eigenvalue weighted by molar-refractivity contribution is 0.0526. The minimum Gasteiger partial charge on any atom is -0.495 e. The monoisotopic (exact) mass is 469 g/mol. The molecular weight excluding hydrogens is 441 g/mol. The van der Waals surface area contributed by atoms with Gasteiger partial charge in [0.15, 0.2) is 0 Å². The molecule has 1 N–H and O–H groups in total. The highest BCUT2D eigenvalue weighted by Crippen LogP contribution is 2.41. The Labute approximate surface area is 199 Å². The fraction of sp³-hybridized carbons (Fsp3) is 0.346. The molecule has 0 atom stereocenters. The van der Waals surface area contributed by atoms with Crippen LogP contribution in [0.4, 0.5) is 10.2 Å². The number of hydrogen-bond donors (Lipinski definition) is 1. The predicted octanol–water partition coefficient (Wildman–Crippen LogP) is 5.11.